The van der Waals surface area contributed by atoms with Crippen molar-refractivity contribution in [2.75, 3.05) is 19.4 Å². The van der Waals surface area contributed by atoms with E-state index < -0.39 is 0 Å². The zero-order chi connectivity index (χ0) is 21.1. The number of amides is 2. The molecule has 0 atom stereocenters. The first-order chi connectivity index (χ1) is 13.8. The van der Waals surface area contributed by atoms with E-state index in [1.165, 1.54) is 4.90 Å². The highest BCUT2D eigenvalue weighted by Crippen LogP contribution is 2.21. The summed E-state index contributed by atoms with van der Waals surface area (Å²) in [5.41, 5.74) is 4.06. The first-order valence-corrected chi connectivity index (χ1v) is 9.56. The third-order valence-corrected chi connectivity index (χ3v) is 5.05. The highest BCUT2D eigenvalue weighted by atomic mass is 35.5. The Morgan fingerprint density at radius 3 is 2.34 bits per heavy atom. The van der Waals surface area contributed by atoms with Crippen LogP contribution in [0.4, 0.5) is 5.69 Å². The van der Waals surface area contributed by atoms with Crippen LogP contribution in [-0.4, -0.2) is 40.6 Å². The summed E-state index contributed by atoms with van der Waals surface area (Å²) in [5.74, 6) is -0.326. The number of aryl methyl sites for hydroxylation is 1. The average molecular weight is 411 g/mol. The van der Waals surface area contributed by atoms with Crippen molar-refractivity contribution in [2.24, 2.45) is 0 Å². The second-order valence-electron chi connectivity index (χ2n) is 7.03. The van der Waals surface area contributed by atoms with Crippen molar-refractivity contribution in [3.05, 3.63) is 81.6 Å². The van der Waals surface area contributed by atoms with Crippen LogP contribution in [0.3, 0.4) is 0 Å². The minimum absolute atomic E-state index is 0.0876. The van der Waals surface area contributed by atoms with Crippen molar-refractivity contribution in [3.63, 3.8) is 0 Å². The van der Waals surface area contributed by atoms with Gasteiger partial charge in [0.05, 0.1) is 17.8 Å². The van der Waals surface area contributed by atoms with Crippen LogP contribution in [0.5, 0.6) is 0 Å². The number of benzene rings is 2. The number of carbonyl (C=O) groups is 2. The van der Waals surface area contributed by atoms with E-state index in [1.54, 1.807) is 43.0 Å². The van der Waals surface area contributed by atoms with E-state index >= 15 is 0 Å². The van der Waals surface area contributed by atoms with Gasteiger partial charge in [-0.1, -0.05) is 29.8 Å². The molecule has 0 aliphatic heterocycles. The van der Waals surface area contributed by atoms with Gasteiger partial charge in [-0.2, -0.15) is 5.10 Å². The zero-order valence-electron chi connectivity index (χ0n) is 16.9. The predicted octanol–water partition coefficient (Wildman–Crippen LogP) is 4.16. The largest absolute Gasteiger partial charge is 0.345 e. The van der Waals surface area contributed by atoms with Gasteiger partial charge in [0.25, 0.3) is 11.8 Å². The Labute approximate surface area is 175 Å². The standard InChI is InChI=1S/C22H23ClN4O2/c1-14-20(15(2)27(25-14)13-17-7-5-6-8-19(17)23)21(28)24-18-11-9-16(10-12-18)22(29)26(3)4/h5-12H,13H2,1-4H3,(H,24,28). The molecule has 3 rings (SSSR count). The smallest absolute Gasteiger partial charge is 0.259 e. The lowest BCUT2D eigenvalue weighted by Crippen LogP contribution is -2.21. The maximum Gasteiger partial charge on any atom is 0.259 e. The molecule has 0 saturated carbocycles. The van der Waals surface area contributed by atoms with Crippen molar-refractivity contribution < 1.29 is 9.59 Å². The number of anilines is 1. The Hall–Kier alpha value is -3.12. The number of nitrogens with one attached hydrogen (secondary N) is 1. The van der Waals surface area contributed by atoms with E-state index in [2.05, 4.69) is 10.4 Å². The fraction of sp³-hybridized carbons (Fsp3) is 0.227. The van der Waals surface area contributed by atoms with Crippen LogP contribution >= 0.6 is 11.6 Å². The second kappa shape index (κ2) is 8.49. The minimum Gasteiger partial charge on any atom is -0.345 e. The Kier molecular flexibility index (Phi) is 6.03. The number of hydrogen-bond donors (Lipinski definition) is 1. The normalized spacial score (nSPS) is 10.7. The third kappa shape index (κ3) is 4.49. The molecule has 1 N–H and O–H groups in total. The first kappa shape index (κ1) is 20.6. The lowest BCUT2D eigenvalue weighted by atomic mass is 10.1. The van der Waals surface area contributed by atoms with Gasteiger partial charge in [-0.05, 0) is 49.7 Å². The van der Waals surface area contributed by atoms with Gasteiger partial charge in [-0.25, -0.2) is 0 Å². The molecule has 2 aromatic carbocycles. The predicted molar refractivity (Wildman–Crippen MR) is 115 cm³/mol. The van der Waals surface area contributed by atoms with E-state index in [9.17, 15) is 9.59 Å². The van der Waals surface area contributed by atoms with Gasteiger partial charge in [0.15, 0.2) is 0 Å². The molecule has 1 heterocycles. The van der Waals surface area contributed by atoms with Gasteiger partial charge in [-0.15, -0.1) is 0 Å². The molecular weight excluding hydrogens is 388 g/mol. The molecule has 0 unspecified atom stereocenters. The minimum atomic E-state index is -0.239. The molecule has 0 bridgehead atoms. The van der Waals surface area contributed by atoms with E-state index in [4.69, 9.17) is 11.6 Å². The molecule has 6 nitrogen and oxygen atoms in total. The van der Waals surface area contributed by atoms with E-state index in [0.717, 1.165) is 11.3 Å². The number of hydrogen-bond acceptors (Lipinski definition) is 3. The maximum absolute atomic E-state index is 12.8. The molecule has 1 aromatic heterocycles. The molecule has 0 radical (unpaired) electrons. The Morgan fingerprint density at radius 2 is 1.72 bits per heavy atom. The Morgan fingerprint density at radius 1 is 1.07 bits per heavy atom. The fourth-order valence-corrected chi connectivity index (χ4v) is 3.31. The van der Waals surface area contributed by atoms with Crippen molar-refractivity contribution in [2.45, 2.75) is 20.4 Å². The van der Waals surface area contributed by atoms with Crippen molar-refractivity contribution in [1.82, 2.24) is 14.7 Å². The molecule has 0 spiro atoms. The molecule has 0 aliphatic rings. The van der Waals surface area contributed by atoms with Gasteiger partial charge >= 0.3 is 0 Å². The second-order valence-corrected chi connectivity index (χ2v) is 7.43. The summed E-state index contributed by atoms with van der Waals surface area (Å²) in [6.45, 7) is 4.16. The molecular formula is C22H23ClN4O2. The molecule has 7 heteroatoms. The van der Waals surface area contributed by atoms with Crippen molar-refractivity contribution >= 4 is 29.1 Å². The van der Waals surface area contributed by atoms with E-state index in [1.807, 2.05) is 38.1 Å². The SMILES string of the molecule is Cc1nn(Cc2ccccc2Cl)c(C)c1C(=O)Nc1ccc(C(=O)N(C)C)cc1. The summed E-state index contributed by atoms with van der Waals surface area (Å²) in [5, 5.41) is 8.06. The molecule has 0 saturated heterocycles. The molecule has 2 amide bonds. The Bertz CT molecular complexity index is 1060. The first-order valence-electron chi connectivity index (χ1n) is 9.18. The lowest BCUT2D eigenvalue weighted by molar-refractivity contribution is 0.0827. The number of aromatic nitrogens is 2. The van der Waals surface area contributed by atoms with Gasteiger partial charge in [0.2, 0.25) is 0 Å². The van der Waals surface area contributed by atoms with E-state index in [-0.39, 0.29) is 11.8 Å². The van der Waals surface area contributed by atoms with E-state index in [0.29, 0.717) is 34.1 Å². The van der Waals surface area contributed by atoms with Crippen LogP contribution in [0.25, 0.3) is 0 Å². The molecule has 3 aromatic rings. The molecule has 29 heavy (non-hydrogen) atoms. The summed E-state index contributed by atoms with van der Waals surface area (Å²) in [4.78, 5) is 26.3. The van der Waals surface area contributed by atoms with Crippen molar-refractivity contribution in [1.29, 1.82) is 0 Å². The monoisotopic (exact) mass is 410 g/mol. The van der Waals surface area contributed by atoms with Gasteiger partial charge < -0.3 is 10.2 Å². The lowest BCUT2D eigenvalue weighted by Gasteiger charge is -2.11. The highest BCUT2D eigenvalue weighted by Gasteiger charge is 2.19. The number of rotatable bonds is 5. The van der Waals surface area contributed by atoms with Gasteiger partial charge in [0, 0.05) is 36.1 Å². The third-order valence-electron chi connectivity index (χ3n) is 4.68. The Balaban J connectivity index is 1.79. The maximum atomic E-state index is 12.8. The summed E-state index contributed by atoms with van der Waals surface area (Å²) in [6, 6.07) is 14.4. The summed E-state index contributed by atoms with van der Waals surface area (Å²) < 4.78 is 1.78. The number of halogens is 1. The van der Waals surface area contributed by atoms with Gasteiger partial charge in [0.1, 0.15) is 0 Å². The topological polar surface area (TPSA) is 67.2 Å². The molecule has 150 valence electrons. The number of carbonyl (C=O) groups excluding carboxylic acids is 2. The fourth-order valence-electron chi connectivity index (χ4n) is 3.12. The van der Waals surface area contributed by atoms with Crippen molar-refractivity contribution in [3.8, 4) is 0 Å². The summed E-state index contributed by atoms with van der Waals surface area (Å²) in [7, 11) is 3.40. The van der Waals surface area contributed by atoms with Gasteiger partial charge in [-0.3, -0.25) is 14.3 Å². The van der Waals surface area contributed by atoms with Crippen LogP contribution < -0.4 is 5.32 Å². The number of nitrogens with zero attached hydrogens (tertiary/aromatic N) is 3. The van der Waals surface area contributed by atoms with Crippen LogP contribution in [0.1, 0.15) is 37.7 Å². The molecule has 0 aliphatic carbocycles. The quantitative estimate of drug-likeness (QED) is 0.686. The van der Waals surface area contributed by atoms with Crippen LogP contribution in [0, 0.1) is 13.8 Å². The highest BCUT2D eigenvalue weighted by molar-refractivity contribution is 6.31. The summed E-state index contributed by atoms with van der Waals surface area (Å²) in [6.07, 6.45) is 0. The van der Waals surface area contributed by atoms with Crippen LogP contribution in [-0.2, 0) is 6.54 Å². The summed E-state index contributed by atoms with van der Waals surface area (Å²) >= 11 is 6.25. The van der Waals surface area contributed by atoms with Crippen LogP contribution in [0.15, 0.2) is 48.5 Å². The van der Waals surface area contributed by atoms with Crippen LogP contribution in [0.2, 0.25) is 5.02 Å². The average Bonchev–Trinajstić information content (AvgIpc) is 2.96. The molecule has 0 fully saturated rings. The zero-order valence-corrected chi connectivity index (χ0v) is 17.6.